The zero-order chi connectivity index (χ0) is 16.7. The molecule has 0 aromatic carbocycles. The molecule has 4 rings (SSSR count). The number of rotatable bonds is 4. The van der Waals surface area contributed by atoms with Crippen molar-refractivity contribution in [1.29, 1.82) is 0 Å². The van der Waals surface area contributed by atoms with E-state index >= 15 is 0 Å². The van der Waals surface area contributed by atoms with Crippen LogP contribution in [0.15, 0.2) is 4.52 Å². The van der Waals surface area contributed by atoms with Crippen LogP contribution >= 0.6 is 0 Å². The molecule has 2 saturated carbocycles. The Morgan fingerprint density at radius 3 is 2.79 bits per heavy atom. The largest absolute Gasteiger partial charge is 0.378 e. The van der Waals surface area contributed by atoms with Crippen molar-refractivity contribution in [1.82, 2.24) is 10.1 Å². The second-order valence-corrected chi connectivity index (χ2v) is 7.69. The predicted octanol–water partition coefficient (Wildman–Crippen LogP) is 3.36. The van der Waals surface area contributed by atoms with E-state index in [9.17, 15) is 4.79 Å². The third-order valence-electron chi connectivity index (χ3n) is 6.59. The smallest absolute Gasteiger partial charge is 0.276 e. The molecule has 0 unspecified atom stereocenters. The molecule has 0 aliphatic heterocycles. The van der Waals surface area contributed by atoms with Crippen LogP contribution in [0, 0.1) is 5.41 Å². The summed E-state index contributed by atoms with van der Waals surface area (Å²) in [6.07, 6.45) is 10.2. The minimum atomic E-state index is 0.0353. The van der Waals surface area contributed by atoms with Gasteiger partial charge in [-0.1, -0.05) is 18.0 Å². The minimum Gasteiger partial charge on any atom is -0.378 e. The summed E-state index contributed by atoms with van der Waals surface area (Å²) in [6.45, 7) is 2.81. The van der Waals surface area contributed by atoms with Gasteiger partial charge in [-0.05, 0) is 45.4 Å². The number of aromatic nitrogens is 1. The molecule has 1 amide bonds. The molecule has 0 bridgehead atoms. The Bertz CT molecular complexity index is 620. The van der Waals surface area contributed by atoms with Gasteiger partial charge in [-0.2, -0.15) is 0 Å². The van der Waals surface area contributed by atoms with Gasteiger partial charge in [-0.3, -0.25) is 4.79 Å². The highest BCUT2D eigenvalue weighted by Crippen LogP contribution is 2.59. The number of fused-ring (bicyclic) bond motifs is 1. The molecule has 1 aromatic heterocycles. The van der Waals surface area contributed by atoms with E-state index < -0.39 is 0 Å². The molecule has 2 atom stereocenters. The van der Waals surface area contributed by atoms with Crippen molar-refractivity contribution in [2.45, 2.75) is 76.9 Å². The molecule has 24 heavy (non-hydrogen) atoms. The van der Waals surface area contributed by atoms with Crippen LogP contribution < -0.4 is 0 Å². The van der Waals surface area contributed by atoms with Crippen LogP contribution in [0.2, 0.25) is 0 Å². The SMILES string of the molecule is CCO[C@H]1C[C@@H](N(C)C(=O)c2noc3c2CCCCC3)C12CCC2. The molecule has 0 N–H and O–H groups in total. The number of hydrogen-bond acceptors (Lipinski definition) is 4. The lowest BCUT2D eigenvalue weighted by Gasteiger charge is -2.63. The van der Waals surface area contributed by atoms with E-state index in [2.05, 4.69) is 12.1 Å². The van der Waals surface area contributed by atoms with E-state index in [0.29, 0.717) is 11.8 Å². The number of hydrogen-bond donors (Lipinski definition) is 0. The van der Waals surface area contributed by atoms with Crippen molar-refractivity contribution in [2.24, 2.45) is 5.41 Å². The van der Waals surface area contributed by atoms with Gasteiger partial charge >= 0.3 is 0 Å². The second kappa shape index (κ2) is 6.17. The van der Waals surface area contributed by atoms with E-state index in [0.717, 1.165) is 50.0 Å². The van der Waals surface area contributed by atoms with Crippen LogP contribution in [0.25, 0.3) is 0 Å². The molecule has 2 fully saturated rings. The summed E-state index contributed by atoms with van der Waals surface area (Å²) in [5.74, 6) is 0.969. The fraction of sp³-hybridized carbons (Fsp3) is 0.789. The second-order valence-electron chi connectivity index (χ2n) is 7.69. The Balaban J connectivity index is 1.52. The lowest BCUT2D eigenvalue weighted by molar-refractivity contribution is -0.192. The molecule has 3 aliphatic rings. The summed E-state index contributed by atoms with van der Waals surface area (Å²) in [6, 6.07) is 0.286. The fourth-order valence-corrected chi connectivity index (χ4v) is 4.98. The van der Waals surface area contributed by atoms with Crippen LogP contribution in [-0.4, -0.2) is 41.8 Å². The average Bonchev–Trinajstić information content (AvgIpc) is 2.76. The topological polar surface area (TPSA) is 55.6 Å². The molecule has 132 valence electrons. The van der Waals surface area contributed by atoms with Gasteiger partial charge in [0.15, 0.2) is 5.69 Å². The van der Waals surface area contributed by atoms with Gasteiger partial charge in [0, 0.05) is 37.1 Å². The van der Waals surface area contributed by atoms with E-state index in [1.807, 2.05) is 11.9 Å². The van der Waals surface area contributed by atoms with Crippen LogP contribution in [0.1, 0.15) is 73.7 Å². The first kappa shape index (κ1) is 16.1. The van der Waals surface area contributed by atoms with E-state index in [1.54, 1.807) is 0 Å². The Kier molecular flexibility index (Phi) is 4.15. The summed E-state index contributed by atoms with van der Waals surface area (Å²) in [5.41, 5.74) is 1.82. The maximum absolute atomic E-state index is 13.1. The molecule has 5 heteroatoms. The van der Waals surface area contributed by atoms with Crippen LogP contribution in [-0.2, 0) is 17.6 Å². The summed E-state index contributed by atoms with van der Waals surface area (Å²) in [5, 5.41) is 4.15. The lowest BCUT2D eigenvalue weighted by atomic mass is 9.50. The summed E-state index contributed by atoms with van der Waals surface area (Å²) in [7, 11) is 1.94. The molecule has 0 radical (unpaired) electrons. The Morgan fingerprint density at radius 1 is 1.29 bits per heavy atom. The van der Waals surface area contributed by atoms with Gasteiger partial charge in [0.2, 0.25) is 0 Å². The standard InChI is InChI=1S/C19H28N2O3/c1-3-23-16-12-15(19(16)10-7-11-19)21(2)18(22)17-13-8-5-4-6-9-14(13)24-20-17/h15-16H,3-12H2,1-2H3/t15-,16+/m1/s1. The first-order chi connectivity index (χ1) is 11.7. The summed E-state index contributed by atoms with van der Waals surface area (Å²) >= 11 is 0. The monoisotopic (exact) mass is 332 g/mol. The van der Waals surface area contributed by atoms with Crippen LogP contribution in [0.3, 0.4) is 0 Å². The number of carbonyl (C=O) groups is 1. The van der Waals surface area contributed by atoms with Crippen molar-refractivity contribution in [3.63, 3.8) is 0 Å². The molecule has 1 heterocycles. The zero-order valence-electron chi connectivity index (χ0n) is 14.8. The van der Waals surface area contributed by atoms with Crippen LogP contribution in [0.4, 0.5) is 0 Å². The first-order valence-electron chi connectivity index (χ1n) is 9.53. The van der Waals surface area contributed by atoms with Gasteiger partial charge in [0.1, 0.15) is 5.76 Å². The minimum absolute atomic E-state index is 0.0353. The maximum Gasteiger partial charge on any atom is 0.276 e. The van der Waals surface area contributed by atoms with Crippen molar-refractivity contribution in [3.8, 4) is 0 Å². The molecular formula is C19H28N2O3. The van der Waals surface area contributed by atoms with Crippen molar-refractivity contribution in [2.75, 3.05) is 13.7 Å². The number of nitrogens with zero attached hydrogens (tertiary/aromatic N) is 2. The van der Waals surface area contributed by atoms with E-state index in [1.165, 1.54) is 25.7 Å². The van der Waals surface area contributed by atoms with E-state index in [-0.39, 0.29) is 17.4 Å². The number of carbonyl (C=O) groups excluding carboxylic acids is 1. The van der Waals surface area contributed by atoms with Crippen molar-refractivity contribution in [3.05, 3.63) is 17.0 Å². The number of amides is 1. The van der Waals surface area contributed by atoms with Crippen molar-refractivity contribution >= 4 is 5.91 Å². The quantitative estimate of drug-likeness (QED) is 0.793. The van der Waals surface area contributed by atoms with Gasteiger partial charge in [0.05, 0.1) is 6.10 Å². The third-order valence-corrected chi connectivity index (χ3v) is 6.59. The summed E-state index contributed by atoms with van der Waals surface area (Å²) < 4.78 is 11.4. The Labute approximate surface area is 143 Å². The fourth-order valence-electron chi connectivity index (χ4n) is 4.98. The maximum atomic E-state index is 13.1. The first-order valence-corrected chi connectivity index (χ1v) is 9.53. The van der Waals surface area contributed by atoms with Gasteiger partial charge in [-0.15, -0.1) is 0 Å². The highest BCUT2D eigenvalue weighted by Gasteiger charge is 2.61. The molecule has 5 nitrogen and oxygen atoms in total. The molecule has 1 spiro atoms. The highest BCUT2D eigenvalue weighted by atomic mass is 16.5. The normalized spacial score (nSPS) is 27.8. The molecule has 3 aliphatic carbocycles. The lowest BCUT2D eigenvalue weighted by Crippen LogP contribution is -2.67. The Hall–Kier alpha value is -1.36. The van der Waals surface area contributed by atoms with Gasteiger partial charge < -0.3 is 14.2 Å². The molecular weight excluding hydrogens is 304 g/mol. The highest BCUT2D eigenvalue weighted by molar-refractivity contribution is 5.94. The number of ether oxygens (including phenoxy) is 1. The Morgan fingerprint density at radius 2 is 2.08 bits per heavy atom. The third kappa shape index (κ3) is 2.32. The van der Waals surface area contributed by atoms with Crippen LogP contribution in [0.5, 0.6) is 0 Å². The van der Waals surface area contributed by atoms with Gasteiger partial charge in [0.25, 0.3) is 5.91 Å². The van der Waals surface area contributed by atoms with Crippen molar-refractivity contribution < 1.29 is 14.1 Å². The summed E-state index contributed by atoms with van der Waals surface area (Å²) in [4.78, 5) is 15.0. The molecule has 0 saturated heterocycles. The number of aryl methyl sites for hydroxylation is 1. The molecule has 1 aromatic rings. The average molecular weight is 332 g/mol. The van der Waals surface area contributed by atoms with Gasteiger partial charge in [-0.25, -0.2) is 0 Å². The predicted molar refractivity (Wildman–Crippen MR) is 90.0 cm³/mol. The van der Waals surface area contributed by atoms with E-state index in [4.69, 9.17) is 9.26 Å². The zero-order valence-corrected chi connectivity index (χ0v) is 14.8.